The summed E-state index contributed by atoms with van der Waals surface area (Å²) in [6.07, 6.45) is 3.31. The van der Waals surface area contributed by atoms with Crippen LogP contribution >= 0.6 is 0 Å². The molecule has 10 nitrogen and oxygen atoms in total. The Morgan fingerprint density at radius 1 is 1.18 bits per heavy atom. The number of ether oxygens (including phenoxy) is 1. The summed E-state index contributed by atoms with van der Waals surface area (Å²) in [7, 11) is 0. The monoisotopic (exact) mass is 536 g/mol. The summed E-state index contributed by atoms with van der Waals surface area (Å²) < 4.78 is 20.4. The van der Waals surface area contributed by atoms with Gasteiger partial charge < -0.3 is 20.1 Å². The summed E-state index contributed by atoms with van der Waals surface area (Å²) in [5, 5.41) is 21.8. The Bertz CT molecular complexity index is 1330. The fourth-order valence-corrected chi connectivity index (χ4v) is 4.86. The number of nitrogens with one attached hydrogen (secondary N) is 1. The lowest BCUT2D eigenvalue weighted by atomic mass is 9.85. The number of aliphatic hydroxyl groups excluding tert-OH is 1. The first kappa shape index (κ1) is 26.7. The molecule has 2 aromatic heterocycles. The topological polar surface area (TPSA) is 122 Å². The van der Waals surface area contributed by atoms with E-state index in [9.17, 15) is 19.1 Å². The summed E-state index contributed by atoms with van der Waals surface area (Å²) in [4.78, 5) is 33.0. The lowest BCUT2D eigenvalue weighted by Gasteiger charge is -2.34. The number of amides is 2. The minimum atomic E-state index is -0.831. The molecule has 2 amide bonds. The van der Waals surface area contributed by atoms with Crippen molar-refractivity contribution in [3.05, 3.63) is 65.9 Å². The summed E-state index contributed by atoms with van der Waals surface area (Å²) >= 11 is 0. The number of aromatic nitrogens is 4. The van der Waals surface area contributed by atoms with E-state index in [-0.39, 0.29) is 37.1 Å². The number of benzene rings is 1. The van der Waals surface area contributed by atoms with Crippen LogP contribution in [0.3, 0.4) is 0 Å². The average molecular weight is 537 g/mol. The Morgan fingerprint density at radius 3 is 2.62 bits per heavy atom. The van der Waals surface area contributed by atoms with E-state index >= 15 is 0 Å². The van der Waals surface area contributed by atoms with Crippen molar-refractivity contribution in [3.63, 3.8) is 0 Å². The zero-order valence-electron chi connectivity index (χ0n) is 22.2. The molecule has 1 saturated heterocycles. The number of hydrogen-bond donors (Lipinski definition) is 2. The van der Waals surface area contributed by atoms with Crippen LogP contribution in [0.25, 0.3) is 0 Å². The third kappa shape index (κ3) is 6.25. The zero-order chi connectivity index (χ0) is 27.7. The second-order valence-electron chi connectivity index (χ2n) is 11.3. The Morgan fingerprint density at radius 2 is 1.92 bits per heavy atom. The number of carbonyl (C=O) groups excluding carboxylic acids is 2. The predicted octanol–water partition coefficient (Wildman–Crippen LogP) is 3.35. The van der Waals surface area contributed by atoms with Crippen molar-refractivity contribution in [1.82, 2.24) is 30.2 Å². The molecule has 0 unspecified atom stereocenters. The van der Waals surface area contributed by atoms with E-state index in [1.165, 1.54) is 29.2 Å². The van der Waals surface area contributed by atoms with E-state index in [2.05, 4.69) is 20.6 Å². The molecule has 1 aromatic carbocycles. The van der Waals surface area contributed by atoms with Gasteiger partial charge in [0.1, 0.15) is 23.7 Å². The third-order valence-corrected chi connectivity index (χ3v) is 6.97. The van der Waals surface area contributed by atoms with Gasteiger partial charge in [0.05, 0.1) is 24.0 Å². The number of nitrogens with zero attached hydrogens (tertiary/aromatic N) is 5. The van der Waals surface area contributed by atoms with E-state index in [1.807, 2.05) is 27.0 Å². The van der Waals surface area contributed by atoms with Crippen LogP contribution in [0, 0.1) is 11.2 Å². The number of pyridine rings is 1. The highest BCUT2D eigenvalue weighted by molar-refractivity contribution is 5.90. The van der Waals surface area contributed by atoms with Crippen LogP contribution in [-0.4, -0.2) is 60.5 Å². The van der Waals surface area contributed by atoms with Crippen molar-refractivity contribution in [2.45, 2.75) is 70.7 Å². The standard InChI is InChI=1S/C28H33FN6O4/c1-28(2,3)25(35-16-22(32-33-35)17-7-8-17)27(38)34-15-20(36)13-23(34)26(37)30-14-19-5-4-6-24(31-19)39-21-11-9-18(29)10-12-21/h4-6,9-12,16-17,20,23,25,36H,7-8,13-15H2,1-3H3,(H,30,37)/t20-,23+,25-/m1/s1. The number of aliphatic hydroxyl groups is 1. The van der Waals surface area contributed by atoms with Gasteiger partial charge in [-0.2, -0.15) is 0 Å². The van der Waals surface area contributed by atoms with Gasteiger partial charge in [0, 0.05) is 31.1 Å². The highest BCUT2D eigenvalue weighted by Crippen LogP contribution is 2.40. The van der Waals surface area contributed by atoms with Crippen molar-refractivity contribution < 1.29 is 23.8 Å². The molecule has 2 N–H and O–H groups in total. The maximum absolute atomic E-state index is 13.9. The number of carbonyl (C=O) groups is 2. The molecule has 206 valence electrons. The van der Waals surface area contributed by atoms with Crippen LogP contribution < -0.4 is 10.1 Å². The molecule has 1 aliphatic carbocycles. The summed E-state index contributed by atoms with van der Waals surface area (Å²) in [5.41, 5.74) is 0.919. The van der Waals surface area contributed by atoms with Crippen molar-refractivity contribution >= 4 is 11.8 Å². The lowest BCUT2D eigenvalue weighted by Crippen LogP contribution is -2.50. The molecule has 0 radical (unpaired) electrons. The van der Waals surface area contributed by atoms with Gasteiger partial charge >= 0.3 is 0 Å². The zero-order valence-corrected chi connectivity index (χ0v) is 22.2. The maximum atomic E-state index is 13.9. The van der Waals surface area contributed by atoms with Crippen LogP contribution in [0.5, 0.6) is 11.6 Å². The van der Waals surface area contributed by atoms with Crippen LogP contribution in [0.1, 0.15) is 63.4 Å². The van der Waals surface area contributed by atoms with Gasteiger partial charge in [0.15, 0.2) is 0 Å². The van der Waals surface area contributed by atoms with Crippen LogP contribution in [0.2, 0.25) is 0 Å². The second-order valence-corrected chi connectivity index (χ2v) is 11.3. The van der Waals surface area contributed by atoms with Crippen molar-refractivity contribution in [1.29, 1.82) is 0 Å². The van der Waals surface area contributed by atoms with Gasteiger partial charge in [0.25, 0.3) is 0 Å². The number of halogens is 1. The fraction of sp³-hybridized carbons (Fsp3) is 0.464. The van der Waals surface area contributed by atoms with Crippen LogP contribution in [-0.2, 0) is 16.1 Å². The molecule has 1 saturated carbocycles. The van der Waals surface area contributed by atoms with Crippen LogP contribution in [0.15, 0.2) is 48.7 Å². The summed E-state index contributed by atoms with van der Waals surface area (Å²) in [5.74, 6) is 0.108. The van der Waals surface area contributed by atoms with Crippen LogP contribution in [0.4, 0.5) is 4.39 Å². The molecule has 2 fully saturated rings. The van der Waals surface area contributed by atoms with Gasteiger partial charge in [-0.3, -0.25) is 9.59 Å². The highest BCUT2D eigenvalue weighted by Gasteiger charge is 2.45. The molecule has 5 rings (SSSR count). The van der Waals surface area contributed by atoms with E-state index in [0.717, 1.165) is 18.5 Å². The highest BCUT2D eigenvalue weighted by atomic mass is 19.1. The summed E-state index contributed by atoms with van der Waals surface area (Å²) in [6.45, 7) is 6.00. The van der Waals surface area contributed by atoms with Crippen molar-refractivity contribution in [2.24, 2.45) is 5.41 Å². The molecular formula is C28H33FN6O4. The van der Waals surface area contributed by atoms with E-state index in [4.69, 9.17) is 4.74 Å². The average Bonchev–Trinajstić information content (AvgIpc) is 3.50. The smallest absolute Gasteiger partial charge is 0.248 e. The molecule has 2 aliphatic rings. The summed E-state index contributed by atoms with van der Waals surface area (Å²) in [6, 6.07) is 9.21. The first-order chi connectivity index (χ1) is 18.6. The number of β-amino-alcohol motifs (C(OH)–C–C–N with tert-alkyl or cyclic N) is 1. The molecule has 3 atom stereocenters. The van der Waals surface area contributed by atoms with Gasteiger partial charge in [-0.15, -0.1) is 5.10 Å². The van der Waals surface area contributed by atoms with E-state index in [0.29, 0.717) is 23.2 Å². The molecule has 3 heterocycles. The van der Waals surface area contributed by atoms with Crippen molar-refractivity contribution in [3.8, 4) is 11.6 Å². The molecule has 1 aliphatic heterocycles. The number of rotatable bonds is 8. The first-order valence-corrected chi connectivity index (χ1v) is 13.2. The largest absolute Gasteiger partial charge is 0.439 e. The Hall–Kier alpha value is -3.86. The second kappa shape index (κ2) is 10.7. The van der Waals surface area contributed by atoms with Gasteiger partial charge in [0.2, 0.25) is 17.7 Å². The van der Waals surface area contributed by atoms with Gasteiger partial charge in [-0.25, -0.2) is 14.1 Å². The van der Waals surface area contributed by atoms with Gasteiger partial charge in [-0.05, 0) is 48.6 Å². The Kier molecular flexibility index (Phi) is 7.35. The first-order valence-electron chi connectivity index (χ1n) is 13.2. The Balaban J connectivity index is 1.26. The lowest BCUT2D eigenvalue weighted by molar-refractivity contribution is -0.144. The number of likely N-dealkylation sites (tertiary alicyclic amines) is 1. The number of hydrogen-bond acceptors (Lipinski definition) is 7. The minimum Gasteiger partial charge on any atom is -0.439 e. The minimum absolute atomic E-state index is 0.0624. The molecule has 0 bridgehead atoms. The molecule has 0 spiro atoms. The third-order valence-electron chi connectivity index (χ3n) is 6.97. The van der Waals surface area contributed by atoms with Gasteiger partial charge in [-0.1, -0.05) is 32.1 Å². The van der Waals surface area contributed by atoms with Crippen molar-refractivity contribution in [2.75, 3.05) is 6.54 Å². The SMILES string of the molecule is CC(C)(C)[C@@H](C(=O)N1C[C@H](O)C[C@H]1C(=O)NCc1cccc(Oc2ccc(F)cc2)n1)n1cc(C2CC2)nn1. The fourth-order valence-electron chi connectivity index (χ4n) is 4.86. The predicted molar refractivity (Wildman–Crippen MR) is 139 cm³/mol. The quantitative estimate of drug-likeness (QED) is 0.453. The van der Waals surface area contributed by atoms with E-state index < -0.39 is 23.6 Å². The molecule has 11 heteroatoms. The molecular weight excluding hydrogens is 503 g/mol. The Labute approximate surface area is 226 Å². The van der Waals surface area contributed by atoms with E-state index in [1.54, 1.807) is 22.9 Å². The molecule has 39 heavy (non-hydrogen) atoms. The normalized spacial score (nSPS) is 20.1. The maximum Gasteiger partial charge on any atom is 0.248 e. The molecule has 3 aromatic rings.